The smallest absolute Gasteiger partial charge is 0.265 e. The van der Waals surface area contributed by atoms with Gasteiger partial charge in [-0.05, 0) is 38.6 Å². The molecule has 0 fully saturated rings. The van der Waals surface area contributed by atoms with E-state index in [1.165, 1.54) is 11.3 Å². The highest BCUT2D eigenvalue weighted by molar-refractivity contribution is 7.17. The lowest BCUT2D eigenvalue weighted by Gasteiger charge is -2.06. The molecule has 0 unspecified atom stereocenters. The minimum Gasteiger partial charge on any atom is -0.492 e. The van der Waals surface area contributed by atoms with Crippen LogP contribution in [0.15, 0.2) is 36.4 Å². The molecule has 1 amide bonds. The number of benzene rings is 1. The number of nitrogens with one attached hydrogen (secondary N) is 2. The maximum Gasteiger partial charge on any atom is 0.265 e. The highest BCUT2D eigenvalue weighted by Crippen LogP contribution is 2.36. The number of hydrogen-bond acceptors (Lipinski definition) is 4. The standard InChI is InChI=1S/C17H22N2O2S.ClH/c1-3-21-14-12-15(13-8-5-4-6-9-13)22-16(14)17(20)19-11-7-10-18-2;/h4-6,8-9,12,18H,3,7,10-11H2,1-2H3,(H,19,20);1H. The number of carbonyl (C=O) groups is 1. The first kappa shape index (κ1) is 19.5. The second-order valence-electron chi connectivity index (χ2n) is 4.82. The van der Waals surface area contributed by atoms with Crippen LogP contribution in [0.5, 0.6) is 5.75 Å². The lowest BCUT2D eigenvalue weighted by Crippen LogP contribution is -2.26. The average molecular weight is 355 g/mol. The Morgan fingerprint density at radius 1 is 1.22 bits per heavy atom. The summed E-state index contributed by atoms with van der Waals surface area (Å²) in [5.74, 6) is 0.601. The minimum absolute atomic E-state index is 0. The van der Waals surface area contributed by atoms with Crippen LogP contribution in [0.1, 0.15) is 23.0 Å². The molecule has 126 valence electrons. The van der Waals surface area contributed by atoms with Crippen LogP contribution >= 0.6 is 23.7 Å². The van der Waals surface area contributed by atoms with Crippen LogP contribution in [0.4, 0.5) is 0 Å². The van der Waals surface area contributed by atoms with Gasteiger partial charge in [0, 0.05) is 11.4 Å². The summed E-state index contributed by atoms with van der Waals surface area (Å²) in [6.45, 7) is 4.02. The summed E-state index contributed by atoms with van der Waals surface area (Å²) < 4.78 is 5.62. The molecule has 1 aromatic carbocycles. The largest absolute Gasteiger partial charge is 0.492 e. The van der Waals surface area contributed by atoms with Gasteiger partial charge in [-0.3, -0.25) is 4.79 Å². The lowest BCUT2D eigenvalue weighted by molar-refractivity contribution is 0.0954. The monoisotopic (exact) mass is 354 g/mol. The van der Waals surface area contributed by atoms with Crippen LogP contribution < -0.4 is 15.4 Å². The Labute approximate surface area is 147 Å². The molecule has 4 nitrogen and oxygen atoms in total. The van der Waals surface area contributed by atoms with Crippen LogP contribution in [-0.4, -0.2) is 32.7 Å². The van der Waals surface area contributed by atoms with Crippen molar-refractivity contribution in [3.63, 3.8) is 0 Å². The van der Waals surface area contributed by atoms with E-state index in [2.05, 4.69) is 10.6 Å². The quantitative estimate of drug-likeness (QED) is 0.712. The highest BCUT2D eigenvalue weighted by atomic mass is 35.5. The molecule has 0 bridgehead atoms. The third-order valence-corrected chi connectivity index (χ3v) is 4.32. The van der Waals surface area contributed by atoms with Crippen LogP contribution in [0, 0.1) is 0 Å². The molecular weight excluding hydrogens is 332 g/mol. The molecule has 0 saturated carbocycles. The van der Waals surface area contributed by atoms with Gasteiger partial charge in [0.15, 0.2) is 0 Å². The topological polar surface area (TPSA) is 50.4 Å². The summed E-state index contributed by atoms with van der Waals surface area (Å²) in [7, 11) is 1.90. The van der Waals surface area contributed by atoms with E-state index in [-0.39, 0.29) is 18.3 Å². The van der Waals surface area contributed by atoms with E-state index in [9.17, 15) is 4.79 Å². The second kappa shape index (κ2) is 10.3. The molecule has 0 atom stereocenters. The van der Waals surface area contributed by atoms with Gasteiger partial charge in [-0.15, -0.1) is 23.7 Å². The first-order valence-corrected chi connectivity index (χ1v) is 8.32. The van der Waals surface area contributed by atoms with Gasteiger partial charge in [-0.2, -0.15) is 0 Å². The number of halogens is 1. The Bertz CT molecular complexity index is 602. The molecule has 2 rings (SSSR count). The number of thiophene rings is 1. The Balaban J connectivity index is 0.00000264. The van der Waals surface area contributed by atoms with E-state index in [1.54, 1.807) is 0 Å². The number of carbonyl (C=O) groups excluding carboxylic acids is 1. The molecule has 2 N–H and O–H groups in total. The number of amides is 1. The summed E-state index contributed by atoms with van der Waals surface area (Å²) in [5.41, 5.74) is 1.10. The van der Waals surface area contributed by atoms with Crippen molar-refractivity contribution >= 4 is 29.7 Å². The molecule has 6 heteroatoms. The fraction of sp³-hybridized carbons (Fsp3) is 0.353. The molecule has 0 aliphatic carbocycles. The first-order valence-electron chi connectivity index (χ1n) is 7.51. The zero-order valence-corrected chi connectivity index (χ0v) is 15.1. The molecule has 23 heavy (non-hydrogen) atoms. The van der Waals surface area contributed by atoms with Crippen molar-refractivity contribution in [2.75, 3.05) is 26.7 Å². The third kappa shape index (κ3) is 5.53. The molecule has 0 saturated heterocycles. The van der Waals surface area contributed by atoms with Crippen molar-refractivity contribution in [3.8, 4) is 16.2 Å². The van der Waals surface area contributed by atoms with Crippen LogP contribution in [0.2, 0.25) is 0 Å². The Morgan fingerprint density at radius 3 is 2.61 bits per heavy atom. The van der Waals surface area contributed by atoms with Gasteiger partial charge in [-0.1, -0.05) is 30.3 Å². The van der Waals surface area contributed by atoms with Crippen molar-refractivity contribution in [1.29, 1.82) is 0 Å². The van der Waals surface area contributed by atoms with Crippen LogP contribution in [0.3, 0.4) is 0 Å². The van der Waals surface area contributed by atoms with Crippen LogP contribution in [-0.2, 0) is 0 Å². The molecule has 0 radical (unpaired) electrons. The number of hydrogen-bond donors (Lipinski definition) is 2. The van der Waals surface area contributed by atoms with Crippen LogP contribution in [0.25, 0.3) is 10.4 Å². The normalized spacial score (nSPS) is 10.0. The lowest BCUT2D eigenvalue weighted by atomic mass is 10.2. The summed E-state index contributed by atoms with van der Waals surface area (Å²) in [6, 6.07) is 12.0. The van der Waals surface area contributed by atoms with Crippen molar-refractivity contribution < 1.29 is 9.53 Å². The zero-order valence-electron chi connectivity index (χ0n) is 13.4. The molecule has 1 heterocycles. The van der Waals surface area contributed by atoms with Crippen molar-refractivity contribution in [2.24, 2.45) is 0 Å². The maximum absolute atomic E-state index is 12.3. The van der Waals surface area contributed by atoms with Gasteiger partial charge >= 0.3 is 0 Å². The molecule has 0 aliphatic rings. The van der Waals surface area contributed by atoms with Crippen molar-refractivity contribution in [3.05, 3.63) is 41.3 Å². The predicted octanol–water partition coefficient (Wildman–Crippen LogP) is 3.57. The van der Waals surface area contributed by atoms with E-state index < -0.39 is 0 Å². The van der Waals surface area contributed by atoms with Gasteiger partial charge < -0.3 is 15.4 Å². The minimum atomic E-state index is -0.0632. The van der Waals surface area contributed by atoms with E-state index >= 15 is 0 Å². The van der Waals surface area contributed by atoms with Crippen molar-refractivity contribution in [1.82, 2.24) is 10.6 Å². The van der Waals surface area contributed by atoms with Gasteiger partial charge in [0.1, 0.15) is 10.6 Å². The van der Waals surface area contributed by atoms with Crippen molar-refractivity contribution in [2.45, 2.75) is 13.3 Å². The Hall–Kier alpha value is -1.56. The van der Waals surface area contributed by atoms with Gasteiger partial charge in [-0.25, -0.2) is 0 Å². The van der Waals surface area contributed by atoms with E-state index in [0.29, 0.717) is 23.8 Å². The van der Waals surface area contributed by atoms with E-state index in [4.69, 9.17) is 4.74 Å². The SMILES string of the molecule is CCOc1cc(-c2ccccc2)sc1C(=O)NCCCNC.Cl. The predicted molar refractivity (Wildman–Crippen MR) is 99.0 cm³/mol. The fourth-order valence-corrected chi connectivity index (χ4v) is 3.11. The molecule has 1 aromatic heterocycles. The fourth-order valence-electron chi connectivity index (χ4n) is 2.09. The summed E-state index contributed by atoms with van der Waals surface area (Å²) in [4.78, 5) is 14.0. The summed E-state index contributed by atoms with van der Waals surface area (Å²) in [5, 5.41) is 6.01. The summed E-state index contributed by atoms with van der Waals surface area (Å²) in [6.07, 6.45) is 0.906. The second-order valence-corrected chi connectivity index (χ2v) is 5.87. The molecule has 0 spiro atoms. The number of ether oxygens (including phenoxy) is 1. The van der Waals surface area contributed by atoms with Gasteiger partial charge in [0.2, 0.25) is 0 Å². The van der Waals surface area contributed by atoms with Gasteiger partial charge in [0.25, 0.3) is 5.91 Å². The zero-order chi connectivity index (χ0) is 15.8. The van der Waals surface area contributed by atoms with Gasteiger partial charge in [0.05, 0.1) is 6.61 Å². The molecular formula is C17H23ClN2O2S. The maximum atomic E-state index is 12.3. The molecule has 2 aromatic rings. The first-order chi connectivity index (χ1) is 10.8. The molecule has 0 aliphatic heterocycles. The third-order valence-electron chi connectivity index (χ3n) is 3.15. The highest BCUT2D eigenvalue weighted by Gasteiger charge is 2.17. The summed E-state index contributed by atoms with van der Waals surface area (Å²) >= 11 is 1.47. The van der Waals surface area contributed by atoms with E-state index in [0.717, 1.165) is 23.4 Å². The average Bonchev–Trinajstić information content (AvgIpc) is 2.97. The Morgan fingerprint density at radius 2 is 1.96 bits per heavy atom. The van der Waals surface area contributed by atoms with E-state index in [1.807, 2.05) is 50.4 Å². The Kier molecular flexibility index (Phi) is 8.69. The number of rotatable bonds is 8.